The molecule has 1 unspecified atom stereocenters. The molecule has 1 aliphatic heterocycles. The molecule has 0 fully saturated rings. The molecule has 0 aromatic heterocycles. The molecule has 166 valence electrons. The van der Waals surface area contributed by atoms with E-state index >= 15 is 0 Å². The van der Waals surface area contributed by atoms with Gasteiger partial charge in [0.2, 0.25) is 10.0 Å². The first-order valence-electron chi connectivity index (χ1n) is 10.3. The van der Waals surface area contributed by atoms with Crippen LogP contribution in [-0.4, -0.2) is 39.3 Å². The first kappa shape index (κ1) is 22.2. The molecular formula is C24H24N2O4S2. The number of hydrogen-bond donors (Lipinski definition) is 1. The van der Waals surface area contributed by atoms with E-state index in [1.165, 1.54) is 4.31 Å². The van der Waals surface area contributed by atoms with Gasteiger partial charge in [-0.25, -0.2) is 8.42 Å². The molecule has 3 aromatic rings. The molecule has 0 radical (unpaired) electrons. The normalized spacial score (nSPS) is 15.5. The first-order valence-corrected chi connectivity index (χ1v) is 12.9. The van der Waals surface area contributed by atoms with E-state index in [0.29, 0.717) is 29.3 Å². The van der Waals surface area contributed by atoms with E-state index in [1.54, 1.807) is 48.2 Å². The van der Waals surface area contributed by atoms with Crippen LogP contribution < -0.4 is 14.4 Å². The lowest BCUT2D eigenvalue weighted by molar-refractivity contribution is -0.127. The molecule has 4 rings (SSSR count). The summed E-state index contributed by atoms with van der Waals surface area (Å²) in [5, 5.41) is 2.87. The van der Waals surface area contributed by atoms with Gasteiger partial charge in [0.25, 0.3) is 5.91 Å². The van der Waals surface area contributed by atoms with Crippen LogP contribution in [0.5, 0.6) is 5.75 Å². The number of amides is 1. The Kier molecular flexibility index (Phi) is 7.02. The Labute approximate surface area is 192 Å². The van der Waals surface area contributed by atoms with E-state index in [9.17, 15) is 13.2 Å². The minimum atomic E-state index is -3.71. The molecule has 8 heteroatoms. The summed E-state index contributed by atoms with van der Waals surface area (Å²) in [6.07, 6.45) is -0.919. The molecule has 6 nitrogen and oxygen atoms in total. The van der Waals surface area contributed by atoms with Gasteiger partial charge >= 0.3 is 0 Å². The molecule has 0 saturated carbocycles. The highest BCUT2D eigenvalue weighted by Crippen LogP contribution is 2.35. The number of fused-ring (bicyclic) bond motifs is 1. The van der Waals surface area contributed by atoms with Crippen molar-refractivity contribution in [1.29, 1.82) is 0 Å². The Bertz CT molecular complexity index is 1150. The standard InChI is InChI=1S/C24H24N2O4S2/c27-24(25-15-16-31-20-11-5-2-6-12-20)23-17-26(21-13-7-8-14-22(21)30-23)32(28,29)18-19-9-3-1-4-10-19/h1-14,23H,15-18H2,(H,25,27). The molecule has 32 heavy (non-hydrogen) atoms. The third kappa shape index (κ3) is 5.44. The third-order valence-electron chi connectivity index (χ3n) is 4.97. The van der Waals surface area contributed by atoms with Crippen LogP contribution in [0, 0.1) is 0 Å². The number of anilines is 1. The smallest absolute Gasteiger partial charge is 0.263 e. The van der Waals surface area contributed by atoms with Gasteiger partial charge in [-0.05, 0) is 29.8 Å². The molecular weight excluding hydrogens is 444 g/mol. The van der Waals surface area contributed by atoms with Gasteiger partial charge in [0.15, 0.2) is 6.10 Å². The summed E-state index contributed by atoms with van der Waals surface area (Å²) in [6.45, 7) is 0.389. The fraction of sp³-hybridized carbons (Fsp3) is 0.208. The maximum absolute atomic E-state index is 13.2. The molecule has 1 N–H and O–H groups in total. The zero-order chi connectivity index (χ0) is 22.4. The number of thioether (sulfide) groups is 1. The summed E-state index contributed by atoms with van der Waals surface area (Å²) in [6, 6.07) is 25.8. The number of carbonyl (C=O) groups is 1. The summed E-state index contributed by atoms with van der Waals surface area (Å²) in [5.41, 5.74) is 1.14. The Morgan fingerprint density at radius 3 is 2.38 bits per heavy atom. The van der Waals surface area contributed by atoms with Crippen molar-refractivity contribution >= 4 is 33.4 Å². The largest absolute Gasteiger partial charge is 0.476 e. The summed E-state index contributed by atoms with van der Waals surface area (Å²) in [4.78, 5) is 13.9. The zero-order valence-corrected chi connectivity index (χ0v) is 19.0. The van der Waals surface area contributed by atoms with E-state index in [0.717, 1.165) is 4.90 Å². The van der Waals surface area contributed by atoms with Crippen molar-refractivity contribution in [2.24, 2.45) is 0 Å². The molecule has 1 aliphatic rings. The van der Waals surface area contributed by atoms with Crippen molar-refractivity contribution in [3.05, 3.63) is 90.5 Å². The van der Waals surface area contributed by atoms with Gasteiger partial charge in [-0.1, -0.05) is 60.7 Å². The zero-order valence-electron chi connectivity index (χ0n) is 17.4. The van der Waals surface area contributed by atoms with Crippen LogP contribution >= 0.6 is 11.8 Å². The Morgan fingerprint density at radius 1 is 0.969 bits per heavy atom. The fourth-order valence-corrected chi connectivity index (χ4v) is 5.81. The summed E-state index contributed by atoms with van der Waals surface area (Å²) >= 11 is 1.64. The van der Waals surface area contributed by atoms with E-state index < -0.39 is 16.1 Å². The van der Waals surface area contributed by atoms with Crippen molar-refractivity contribution in [2.75, 3.05) is 23.1 Å². The molecule has 3 aromatic carbocycles. The minimum absolute atomic E-state index is 0.0656. The Morgan fingerprint density at radius 2 is 1.62 bits per heavy atom. The number of rotatable bonds is 8. The van der Waals surface area contributed by atoms with Gasteiger partial charge in [0, 0.05) is 17.2 Å². The number of nitrogens with zero attached hydrogens (tertiary/aromatic N) is 1. The number of nitrogens with one attached hydrogen (secondary N) is 1. The topological polar surface area (TPSA) is 75.7 Å². The second-order valence-corrected chi connectivity index (χ2v) is 10.4. The highest BCUT2D eigenvalue weighted by atomic mass is 32.2. The maximum Gasteiger partial charge on any atom is 0.263 e. The van der Waals surface area contributed by atoms with Crippen LogP contribution in [0.15, 0.2) is 89.8 Å². The van der Waals surface area contributed by atoms with Crippen LogP contribution in [0.2, 0.25) is 0 Å². The Hall–Kier alpha value is -2.97. The van der Waals surface area contributed by atoms with E-state index in [2.05, 4.69) is 5.32 Å². The number of para-hydroxylation sites is 2. The van der Waals surface area contributed by atoms with Crippen molar-refractivity contribution in [2.45, 2.75) is 16.8 Å². The van der Waals surface area contributed by atoms with Gasteiger partial charge in [0.1, 0.15) is 5.75 Å². The average molecular weight is 469 g/mol. The maximum atomic E-state index is 13.2. The second kappa shape index (κ2) is 10.1. The summed E-state index contributed by atoms with van der Waals surface area (Å²) < 4.78 is 33.6. The predicted molar refractivity (Wildman–Crippen MR) is 127 cm³/mol. The van der Waals surface area contributed by atoms with Crippen LogP contribution in [0.3, 0.4) is 0 Å². The predicted octanol–water partition coefficient (Wildman–Crippen LogP) is 3.69. The highest BCUT2D eigenvalue weighted by Gasteiger charge is 2.36. The van der Waals surface area contributed by atoms with Crippen molar-refractivity contribution in [3.8, 4) is 5.75 Å². The lowest BCUT2D eigenvalue weighted by Crippen LogP contribution is -2.51. The molecule has 1 heterocycles. The molecule has 1 amide bonds. The van der Waals surface area contributed by atoms with Crippen LogP contribution in [-0.2, 0) is 20.6 Å². The van der Waals surface area contributed by atoms with E-state index in [-0.39, 0.29) is 18.2 Å². The van der Waals surface area contributed by atoms with Gasteiger partial charge in [-0.15, -0.1) is 11.8 Å². The SMILES string of the molecule is O=C(NCCSc1ccccc1)C1CN(S(=O)(=O)Cc2ccccc2)c2ccccc2O1. The minimum Gasteiger partial charge on any atom is -0.476 e. The average Bonchev–Trinajstić information content (AvgIpc) is 2.82. The lowest BCUT2D eigenvalue weighted by atomic mass is 10.2. The molecule has 0 aliphatic carbocycles. The number of carbonyl (C=O) groups excluding carboxylic acids is 1. The monoisotopic (exact) mass is 468 g/mol. The number of benzene rings is 3. The van der Waals surface area contributed by atoms with Gasteiger partial charge in [-0.2, -0.15) is 0 Å². The summed E-state index contributed by atoms with van der Waals surface area (Å²) in [5.74, 6) is 0.613. The van der Waals surface area contributed by atoms with Crippen LogP contribution in [0.1, 0.15) is 5.56 Å². The van der Waals surface area contributed by atoms with Crippen LogP contribution in [0.4, 0.5) is 5.69 Å². The van der Waals surface area contributed by atoms with Gasteiger partial charge < -0.3 is 10.1 Å². The number of sulfonamides is 1. The fourth-order valence-electron chi connectivity index (χ4n) is 3.44. The van der Waals surface area contributed by atoms with Crippen LogP contribution in [0.25, 0.3) is 0 Å². The van der Waals surface area contributed by atoms with Gasteiger partial charge in [-0.3, -0.25) is 9.10 Å². The third-order valence-corrected chi connectivity index (χ3v) is 7.70. The number of hydrogen-bond acceptors (Lipinski definition) is 5. The Balaban J connectivity index is 1.44. The van der Waals surface area contributed by atoms with Crippen molar-refractivity contribution in [1.82, 2.24) is 5.32 Å². The van der Waals surface area contributed by atoms with E-state index in [4.69, 9.17) is 4.74 Å². The van der Waals surface area contributed by atoms with Gasteiger partial charge in [0.05, 0.1) is 18.0 Å². The van der Waals surface area contributed by atoms with E-state index in [1.807, 2.05) is 48.5 Å². The number of ether oxygens (including phenoxy) is 1. The highest BCUT2D eigenvalue weighted by molar-refractivity contribution is 7.99. The molecule has 0 saturated heterocycles. The summed E-state index contributed by atoms with van der Waals surface area (Å²) in [7, 11) is -3.71. The second-order valence-electron chi connectivity index (χ2n) is 7.30. The quantitative estimate of drug-likeness (QED) is 0.403. The molecule has 1 atom stereocenters. The molecule has 0 bridgehead atoms. The van der Waals surface area contributed by atoms with Crippen molar-refractivity contribution in [3.63, 3.8) is 0 Å². The lowest BCUT2D eigenvalue weighted by Gasteiger charge is -2.34. The van der Waals surface area contributed by atoms with Crippen molar-refractivity contribution < 1.29 is 17.9 Å². The molecule has 0 spiro atoms. The first-order chi connectivity index (χ1) is 15.5.